The Morgan fingerprint density at radius 3 is 2.65 bits per heavy atom. The maximum absolute atomic E-state index is 13.3. The summed E-state index contributed by atoms with van der Waals surface area (Å²) in [4.78, 5) is 16.2. The zero-order chi connectivity index (χ0) is 15.1. The number of ether oxygens (including phenoxy) is 1. The molecule has 0 aliphatic heterocycles. The smallest absolute Gasteiger partial charge is 0.420 e. The zero-order valence-electron chi connectivity index (χ0n) is 11.2. The van der Waals surface area contributed by atoms with E-state index >= 15 is 0 Å². The average molecular weight is 394 g/mol. The largest absolute Gasteiger partial charge is 0.443 e. The van der Waals surface area contributed by atoms with Crippen molar-refractivity contribution >= 4 is 39.7 Å². The van der Waals surface area contributed by atoms with Gasteiger partial charge in [0.25, 0.3) is 6.43 Å². The molecule has 7 heteroatoms. The molecule has 0 bridgehead atoms. The number of halogens is 3. The molecule has 0 aromatic carbocycles. The van der Waals surface area contributed by atoms with Crippen molar-refractivity contribution in [2.45, 2.75) is 32.8 Å². The van der Waals surface area contributed by atoms with E-state index < -0.39 is 18.1 Å². The van der Waals surface area contributed by atoms with Crippen molar-refractivity contribution in [3.8, 4) is 0 Å². The Bertz CT molecular complexity index is 662. The summed E-state index contributed by atoms with van der Waals surface area (Å²) in [5.41, 5.74) is -0.970. The molecule has 108 valence electrons. The van der Waals surface area contributed by atoms with Crippen LogP contribution in [-0.4, -0.2) is 21.2 Å². The molecule has 0 amide bonds. The highest BCUT2D eigenvalue weighted by Gasteiger charge is 2.29. The summed E-state index contributed by atoms with van der Waals surface area (Å²) in [5, 5.41) is 0.509. The van der Waals surface area contributed by atoms with Gasteiger partial charge in [-0.05, 0) is 55.5 Å². The van der Waals surface area contributed by atoms with Crippen LogP contribution in [0.2, 0.25) is 0 Å². The van der Waals surface area contributed by atoms with Crippen molar-refractivity contribution in [1.82, 2.24) is 9.55 Å². The van der Waals surface area contributed by atoms with Crippen molar-refractivity contribution in [3.05, 3.63) is 27.6 Å². The number of hydrogen-bond acceptors (Lipinski definition) is 3. The lowest BCUT2D eigenvalue weighted by atomic mass is 10.2. The van der Waals surface area contributed by atoms with E-state index in [4.69, 9.17) is 4.74 Å². The van der Waals surface area contributed by atoms with Gasteiger partial charge in [-0.2, -0.15) is 0 Å². The number of fused-ring (bicyclic) bond motifs is 1. The van der Waals surface area contributed by atoms with Crippen LogP contribution < -0.4 is 0 Å². The van der Waals surface area contributed by atoms with Gasteiger partial charge in [0.15, 0.2) is 5.65 Å². The average Bonchev–Trinajstić information content (AvgIpc) is 2.61. The maximum Gasteiger partial charge on any atom is 0.420 e. The monoisotopic (exact) mass is 394 g/mol. The Labute approximate surface area is 128 Å². The number of nitrogens with zero attached hydrogens (tertiary/aromatic N) is 2. The van der Waals surface area contributed by atoms with Crippen LogP contribution in [0.3, 0.4) is 0 Å². The fraction of sp³-hybridized carbons (Fsp3) is 0.385. The minimum Gasteiger partial charge on any atom is -0.443 e. The van der Waals surface area contributed by atoms with Crippen molar-refractivity contribution in [3.63, 3.8) is 0 Å². The van der Waals surface area contributed by atoms with Gasteiger partial charge in [-0.3, -0.25) is 0 Å². The van der Waals surface area contributed by atoms with E-state index in [0.29, 0.717) is 8.96 Å². The Balaban J connectivity index is 2.67. The second-order valence-electron chi connectivity index (χ2n) is 5.19. The Hall–Kier alpha value is -1.25. The van der Waals surface area contributed by atoms with Crippen LogP contribution in [0.25, 0.3) is 11.0 Å². The molecule has 2 aromatic heterocycles. The van der Waals surface area contributed by atoms with Crippen LogP contribution in [0, 0.1) is 3.57 Å². The fourth-order valence-electron chi connectivity index (χ4n) is 1.78. The van der Waals surface area contributed by atoms with Crippen LogP contribution >= 0.6 is 22.6 Å². The van der Waals surface area contributed by atoms with Crippen LogP contribution in [0.1, 0.15) is 32.9 Å². The lowest BCUT2D eigenvalue weighted by Gasteiger charge is -2.20. The van der Waals surface area contributed by atoms with Gasteiger partial charge >= 0.3 is 6.09 Å². The summed E-state index contributed by atoms with van der Waals surface area (Å²) in [6.07, 6.45) is -2.18. The molecule has 2 aromatic rings. The van der Waals surface area contributed by atoms with Gasteiger partial charge in [0, 0.05) is 15.2 Å². The van der Waals surface area contributed by atoms with Gasteiger partial charge in [0.05, 0.1) is 0 Å². The molecule has 0 unspecified atom stereocenters. The molecule has 0 spiro atoms. The molecule has 20 heavy (non-hydrogen) atoms. The first kappa shape index (κ1) is 15.1. The van der Waals surface area contributed by atoms with Crippen molar-refractivity contribution in [2.75, 3.05) is 0 Å². The molecule has 4 nitrogen and oxygen atoms in total. The third kappa shape index (κ3) is 2.77. The Morgan fingerprint density at radius 1 is 1.45 bits per heavy atom. The van der Waals surface area contributed by atoms with E-state index in [1.807, 2.05) is 0 Å². The summed E-state index contributed by atoms with van der Waals surface area (Å²) in [7, 11) is 0. The number of rotatable bonds is 1. The van der Waals surface area contributed by atoms with Crippen molar-refractivity contribution in [2.24, 2.45) is 0 Å². The number of aromatic nitrogens is 2. The molecule has 2 heterocycles. The number of carbonyl (C=O) groups excluding carboxylic acids is 1. The predicted molar refractivity (Wildman–Crippen MR) is 79.0 cm³/mol. The van der Waals surface area contributed by atoms with E-state index in [9.17, 15) is 13.6 Å². The van der Waals surface area contributed by atoms with Gasteiger partial charge in [-0.1, -0.05) is 0 Å². The van der Waals surface area contributed by atoms with E-state index in [-0.39, 0.29) is 11.3 Å². The topological polar surface area (TPSA) is 44.1 Å². The second-order valence-corrected chi connectivity index (χ2v) is 6.27. The van der Waals surface area contributed by atoms with Gasteiger partial charge in [-0.25, -0.2) is 23.1 Å². The van der Waals surface area contributed by atoms with Crippen molar-refractivity contribution < 1.29 is 18.3 Å². The summed E-state index contributed by atoms with van der Waals surface area (Å²) in [5.74, 6) is 0. The lowest BCUT2D eigenvalue weighted by molar-refractivity contribution is 0.0509. The first-order valence-corrected chi connectivity index (χ1v) is 6.96. The number of alkyl halides is 2. The SMILES string of the molecule is CC(C)(C)OC(=O)n1c(C(F)F)c(I)c2cccnc21. The van der Waals surface area contributed by atoms with Gasteiger partial charge < -0.3 is 4.74 Å². The van der Waals surface area contributed by atoms with E-state index in [1.165, 1.54) is 6.20 Å². The van der Waals surface area contributed by atoms with Crippen LogP contribution in [0.15, 0.2) is 18.3 Å². The Kier molecular flexibility index (Phi) is 3.99. The minimum absolute atomic E-state index is 0.182. The molecule has 0 fully saturated rings. The molecule has 0 N–H and O–H groups in total. The standard InChI is InChI=1S/C13H13F2IN2O2/c1-13(2,3)20-12(19)18-9(10(14)15)8(16)7-5-4-6-17-11(7)18/h4-6,10H,1-3H3. The summed E-state index contributed by atoms with van der Waals surface area (Å²) >= 11 is 1.80. The number of hydrogen-bond donors (Lipinski definition) is 0. The Morgan fingerprint density at radius 2 is 2.10 bits per heavy atom. The van der Waals surface area contributed by atoms with Gasteiger partial charge in [0.2, 0.25) is 0 Å². The predicted octanol–water partition coefficient (Wildman–Crippen LogP) is 4.36. The molecular formula is C13H13F2IN2O2. The van der Waals surface area contributed by atoms with Gasteiger partial charge in [0.1, 0.15) is 11.3 Å². The van der Waals surface area contributed by atoms with Crippen LogP contribution in [0.5, 0.6) is 0 Å². The molecule has 0 aliphatic carbocycles. The third-order valence-electron chi connectivity index (χ3n) is 2.48. The fourth-order valence-corrected chi connectivity index (χ4v) is 2.68. The number of carbonyl (C=O) groups is 1. The summed E-state index contributed by atoms with van der Waals surface area (Å²) in [6.45, 7) is 5.03. The minimum atomic E-state index is -2.79. The molecular weight excluding hydrogens is 381 g/mol. The molecule has 0 radical (unpaired) electrons. The highest BCUT2D eigenvalue weighted by Crippen LogP contribution is 2.33. The molecule has 0 saturated carbocycles. The molecule has 0 saturated heterocycles. The van der Waals surface area contributed by atoms with E-state index in [0.717, 1.165) is 4.57 Å². The second kappa shape index (κ2) is 5.27. The van der Waals surface area contributed by atoms with E-state index in [2.05, 4.69) is 4.98 Å². The highest BCUT2D eigenvalue weighted by molar-refractivity contribution is 14.1. The van der Waals surface area contributed by atoms with Crippen LogP contribution in [-0.2, 0) is 4.74 Å². The first-order valence-electron chi connectivity index (χ1n) is 5.88. The number of pyridine rings is 1. The maximum atomic E-state index is 13.3. The highest BCUT2D eigenvalue weighted by atomic mass is 127. The summed E-state index contributed by atoms with van der Waals surface area (Å²) < 4.78 is 32.9. The lowest BCUT2D eigenvalue weighted by Crippen LogP contribution is -2.28. The quantitative estimate of drug-likeness (QED) is 0.676. The van der Waals surface area contributed by atoms with Gasteiger partial charge in [-0.15, -0.1) is 0 Å². The van der Waals surface area contributed by atoms with E-state index in [1.54, 1.807) is 55.5 Å². The van der Waals surface area contributed by atoms with Crippen molar-refractivity contribution in [1.29, 1.82) is 0 Å². The molecule has 0 atom stereocenters. The first-order chi connectivity index (χ1) is 9.22. The zero-order valence-corrected chi connectivity index (χ0v) is 13.3. The molecule has 0 aliphatic rings. The van der Waals surface area contributed by atoms with Crippen LogP contribution in [0.4, 0.5) is 13.6 Å². The molecule has 2 rings (SSSR count). The third-order valence-corrected chi connectivity index (χ3v) is 3.62. The normalized spacial score (nSPS) is 12.2. The summed E-state index contributed by atoms with van der Waals surface area (Å²) in [6, 6.07) is 3.29.